The summed E-state index contributed by atoms with van der Waals surface area (Å²) in [6.45, 7) is 0.348. The zero-order chi connectivity index (χ0) is 11.5. The molecule has 0 aliphatic carbocycles. The van der Waals surface area contributed by atoms with Crippen LogP contribution in [0.5, 0.6) is 0 Å². The van der Waals surface area contributed by atoms with Crippen LogP contribution in [0.1, 0.15) is 15.2 Å². The molecule has 1 heterocycles. The molecule has 0 bridgehead atoms. The average Bonchev–Trinajstić information content (AvgIpc) is 2.48. The molecule has 0 aliphatic heterocycles. The van der Waals surface area contributed by atoms with E-state index in [1.807, 2.05) is 0 Å². The predicted octanol–water partition coefficient (Wildman–Crippen LogP) is 2.39. The van der Waals surface area contributed by atoms with Gasteiger partial charge in [-0.1, -0.05) is 0 Å². The van der Waals surface area contributed by atoms with Crippen LogP contribution in [-0.2, 0) is 0 Å². The van der Waals surface area contributed by atoms with E-state index < -0.39 is 12.7 Å². The molecule has 0 unspecified atom stereocenters. The number of rotatable bonds is 4. The van der Waals surface area contributed by atoms with E-state index in [9.17, 15) is 18.0 Å². The van der Waals surface area contributed by atoms with Crippen LogP contribution in [0, 0.1) is 6.92 Å². The predicted molar refractivity (Wildman–Crippen MR) is 52.3 cm³/mol. The fourth-order valence-electron chi connectivity index (χ4n) is 1.09. The smallest absolute Gasteiger partial charge is 0.302 e. The van der Waals surface area contributed by atoms with E-state index in [-0.39, 0.29) is 12.3 Å². The molecule has 6 heteroatoms. The van der Waals surface area contributed by atoms with Gasteiger partial charge in [-0.2, -0.15) is 13.2 Å². The number of carbonyl (C=O) groups excluding carboxylic acids is 1. The maximum Gasteiger partial charge on any atom is 0.401 e. The van der Waals surface area contributed by atoms with Crippen molar-refractivity contribution in [2.45, 2.75) is 13.1 Å². The second-order valence-corrected chi connectivity index (χ2v) is 4.15. The Hall–Kier alpha value is -0.880. The molecule has 1 rings (SSSR count). The lowest BCUT2D eigenvalue weighted by molar-refractivity contribution is -0.124. The Kier molecular flexibility index (Phi) is 3.87. The average molecular weight is 237 g/mol. The Balaban J connectivity index is 2.41. The molecule has 0 spiro atoms. The Morgan fingerprint density at radius 2 is 2.20 bits per heavy atom. The van der Waals surface area contributed by atoms with Gasteiger partial charge >= 0.3 is 6.18 Å². The number of Topliss-reactive ketones (excluding diaryl/α,β-unsaturated/α-hetero) is 1. The summed E-state index contributed by atoms with van der Waals surface area (Å²) < 4.78 is 35.3. The van der Waals surface area contributed by atoms with Gasteiger partial charge in [-0.3, -0.25) is 4.79 Å². The van der Waals surface area contributed by atoms with Crippen molar-refractivity contribution >= 4 is 17.1 Å². The molecule has 0 radical (unpaired) electrons. The van der Waals surface area contributed by atoms with Crippen molar-refractivity contribution in [1.29, 1.82) is 0 Å². The largest absolute Gasteiger partial charge is 0.401 e. The minimum Gasteiger partial charge on any atom is -0.302 e. The van der Waals surface area contributed by atoms with E-state index in [0.717, 1.165) is 4.88 Å². The molecule has 0 atom stereocenters. The highest BCUT2D eigenvalue weighted by Crippen LogP contribution is 2.15. The maximum atomic E-state index is 11.8. The van der Waals surface area contributed by atoms with Crippen LogP contribution in [0.25, 0.3) is 0 Å². The summed E-state index contributed by atoms with van der Waals surface area (Å²) in [5.41, 5.74) is 0.495. The van der Waals surface area contributed by atoms with Gasteiger partial charge in [-0.25, -0.2) is 0 Å². The van der Waals surface area contributed by atoms with E-state index in [4.69, 9.17) is 0 Å². The van der Waals surface area contributed by atoms with E-state index in [1.165, 1.54) is 11.3 Å². The minimum absolute atomic E-state index is 0.281. The van der Waals surface area contributed by atoms with E-state index in [2.05, 4.69) is 5.32 Å². The summed E-state index contributed by atoms with van der Waals surface area (Å²) in [6, 6.07) is 1.62. The van der Waals surface area contributed by atoms with E-state index in [0.29, 0.717) is 5.56 Å². The quantitative estimate of drug-likeness (QED) is 0.815. The fourth-order valence-corrected chi connectivity index (χ4v) is 1.80. The number of hydrogen-bond acceptors (Lipinski definition) is 3. The van der Waals surface area contributed by atoms with Crippen LogP contribution in [0.3, 0.4) is 0 Å². The van der Waals surface area contributed by atoms with Crippen molar-refractivity contribution in [2.75, 3.05) is 13.1 Å². The molecular formula is C9H10F3NOS. The summed E-state index contributed by atoms with van der Waals surface area (Å²) in [4.78, 5) is 12.2. The fraction of sp³-hybridized carbons (Fsp3) is 0.444. The number of halogens is 3. The van der Waals surface area contributed by atoms with Crippen molar-refractivity contribution in [3.05, 3.63) is 21.9 Å². The molecular weight excluding hydrogens is 227 g/mol. The van der Waals surface area contributed by atoms with Crippen molar-refractivity contribution in [1.82, 2.24) is 5.32 Å². The third kappa shape index (κ3) is 4.01. The van der Waals surface area contributed by atoms with Gasteiger partial charge in [-0.05, 0) is 18.4 Å². The molecule has 0 fully saturated rings. The molecule has 2 nitrogen and oxygen atoms in total. The first-order valence-electron chi connectivity index (χ1n) is 4.25. The molecule has 0 saturated carbocycles. The van der Waals surface area contributed by atoms with Crippen molar-refractivity contribution in [3.8, 4) is 0 Å². The van der Waals surface area contributed by atoms with Gasteiger partial charge in [0.25, 0.3) is 0 Å². The van der Waals surface area contributed by atoms with Crippen molar-refractivity contribution in [3.63, 3.8) is 0 Å². The van der Waals surface area contributed by atoms with Crippen molar-refractivity contribution in [2.24, 2.45) is 0 Å². The highest BCUT2D eigenvalue weighted by molar-refractivity contribution is 7.10. The lowest BCUT2D eigenvalue weighted by atomic mass is 10.2. The lowest BCUT2D eigenvalue weighted by Crippen LogP contribution is -2.32. The molecule has 0 saturated heterocycles. The molecule has 84 valence electrons. The Morgan fingerprint density at radius 3 is 2.67 bits per heavy atom. The van der Waals surface area contributed by atoms with E-state index >= 15 is 0 Å². The highest BCUT2D eigenvalue weighted by atomic mass is 32.1. The summed E-state index contributed by atoms with van der Waals surface area (Å²) >= 11 is 1.40. The zero-order valence-corrected chi connectivity index (χ0v) is 8.84. The number of carbonyl (C=O) groups is 1. The van der Waals surface area contributed by atoms with Crippen molar-refractivity contribution < 1.29 is 18.0 Å². The Labute approximate surface area is 89.1 Å². The van der Waals surface area contributed by atoms with Crippen LogP contribution in [0.15, 0.2) is 11.4 Å². The number of ketones is 1. The molecule has 15 heavy (non-hydrogen) atoms. The number of thiophene rings is 1. The van der Waals surface area contributed by atoms with Gasteiger partial charge in [0.2, 0.25) is 0 Å². The summed E-state index contributed by atoms with van der Waals surface area (Å²) in [6.07, 6.45) is -4.27. The first-order chi connectivity index (χ1) is 6.90. The second-order valence-electron chi connectivity index (χ2n) is 3.03. The van der Waals surface area contributed by atoms with Gasteiger partial charge in [-0.15, -0.1) is 11.3 Å². The zero-order valence-electron chi connectivity index (χ0n) is 8.02. The van der Waals surface area contributed by atoms with Gasteiger partial charge < -0.3 is 5.32 Å². The second kappa shape index (κ2) is 4.76. The van der Waals surface area contributed by atoms with Crippen LogP contribution in [0.4, 0.5) is 13.2 Å². The molecule has 1 aromatic rings. The number of nitrogens with one attached hydrogen (secondary N) is 1. The molecule has 1 aromatic heterocycles. The summed E-state index contributed by atoms with van der Waals surface area (Å²) in [7, 11) is 0. The van der Waals surface area contributed by atoms with Crippen LogP contribution < -0.4 is 5.32 Å². The van der Waals surface area contributed by atoms with E-state index in [1.54, 1.807) is 18.4 Å². The Bertz CT molecular complexity index is 345. The van der Waals surface area contributed by atoms with Crippen LogP contribution in [-0.4, -0.2) is 25.0 Å². The van der Waals surface area contributed by atoms with Crippen LogP contribution in [0.2, 0.25) is 0 Å². The monoisotopic (exact) mass is 237 g/mol. The first kappa shape index (κ1) is 12.2. The molecule has 0 aliphatic rings. The van der Waals surface area contributed by atoms with Gasteiger partial charge in [0.15, 0.2) is 5.78 Å². The minimum atomic E-state index is -4.27. The van der Waals surface area contributed by atoms with Gasteiger partial charge in [0, 0.05) is 10.4 Å². The van der Waals surface area contributed by atoms with Crippen LogP contribution >= 0.6 is 11.3 Å². The lowest BCUT2D eigenvalue weighted by Gasteiger charge is -2.07. The topological polar surface area (TPSA) is 29.1 Å². The highest BCUT2D eigenvalue weighted by Gasteiger charge is 2.26. The maximum absolute atomic E-state index is 11.8. The Morgan fingerprint density at radius 1 is 1.53 bits per heavy atom. The summed E-state index contributed by atoms with van der Waals surface area (Å²) in [5, 5.41) is 3.81. The first-order valence-corrected chi connectivity index (χ1v) is 5.13. The number of alkyl halides is 3. The molecule has 0 amide bonds. The molecule has 0 aromatic carbocycles. The SMILES string of the molecule is Cc1sccc1C(=O)CNCC(F)(F)F. The summed E-state index contributed by atoms with van der Waals surface area (Å²) in [5.74, 6) is -0.307. The van der Waals surface area contributed by atoms with Gasteiger partial charge in [0.1, 0.15) is 0 Å². The third-order valence-electron chi connectivity index (χ3n) is 1.77. The molecule has 1 N–H and O–H groups in total. The number of aryl methyl sites for hydroxylation is 1. The number of hydrogen-bond donors (Lipinski definition) is 1. The third-order valence-corrected chi connectivity index (χ3v) is 2.62. The normalized spacial score (nSPS) is 11.7. The van der Waals surface area contributed by atoms with Gasteiger partial charge in [0.05, 0.1) is 13.1 Å². The standard InChI is InChI=1S/C9H10F3NOS/c1-6-7(2-3-15-6)8(14)4-13-5-9(10,11)12/h2-3,13H,4-5H2,1H3.